The van der Waals surface area contributed by atoms with Crippen LogP contribution < -0.4 is 10.6 Å². The van der Waals surface area contributed by atoms with Crippen LogP contribution in [-0.4, -0.2) is 19.0 Å². The van der Waals surface area contributed by atoms with Crippen LogP contribution in [0.3, 0.4) is 0 Å². The van der Waals surface area contributed by atoms with Crippen molar-refractivity contribution < 1.29 is 9.18 Å². The third-order valence-electron chi connectivity index (χ3n) is 3.46. The molecular weight excluding hydrogens is 302 g/mol. The Hall–Kier alpha value is -0.840. The molecule has 0 saturated carbocycles. The standard InChI is InChI=1S/C14H18ClFN2O.ClH/c1-9(12-5-4-11(16)7-13(12)15)18-14(19)10-3-2-6-17-8-10;/h4-5,7,9-10,17H,2-3,6,8H2,1H3,(H,18,19);1H. The molecule has 2 rings (SSSR count). The van der Waals surface area contributed by atoms with Crippen LogP contribution in [0.1, 0.15) is 31.4 Å². The molecule has 20 heavy (non-hydrogen) atoms. The molecule has 2 unspecified atom stereocenters. The SMILES string of the molecule is CC(NC(=O)C1CCCNC1)c1ccc(F)cc1Cl.Cl. The highest BCUT2D eigenvalue weighted by molar-refractivity contribution is 6.31. The summed E-state index contributed by atoms with van der Waals surface area (Å²) in [6, 6.07) is 4.01. The van der Waals surface area contributed by atoms with Gasteiger partial charge in [0.2, 0.25) is 5.91 Å². The maximum atomic E-state index is 13.0. The third kappa shape index (κ3) is 4.33. The molecule has 1 aliphatic heterocycles. The minimum Gasteiger partial charge on any atom is -0.349 e. The molecule has 1 fully saturated rings. The highest BCUT2D eigenvalue weighted by atomic mass is 35.5. The molecule has 1 aromatic carbocycles. The van der Waals surface area contributed by atoms with E-state index in [9.17, 15) is 9.18 Å². The first-order valence-electron chi connectivity index (χ1n) is 6.54. The first-order chi connectivity index (χ1) is 9.08. The molecule has 1 aliphatic rings. The topological polar surface area (TPSA) is 41.1 Å². The molecule has 1 amide bonds. The predicted octanol–water partition coefficient (Wildman–Crippen LogP) is 3.08. The lowest BCUT2D eigenvalue weighted by Gasteiger charge is -2.24. The largest absolute Gasteiger partial charge is 0.349 e. The van der Waals surface area contributed by atoms with Crippen LogP contribution in [0.2, 0.25) is 5.02 Å². The highest BCUT2D eigenvalue weighted by Gasteiger charge is 2.23. The molecule has 3 nitrogen and oxygen atoms in total. The van der Waals surface area contributed by atoms with Gasteiger partial charge in [0.25, 0.3) is 0 Å². The van der Waals surface area contributed by atoms with Crippen LogP contribution in [0.15, 0.2) is 18.2 Å². The predicted molar refractivity (Wildman–Crippen MR) is 80.8 cm³/mol. The quantitative estimate of drug-likeness (QED) is 0.898. The van der Waals surface area contributed by atoms with E-state index >= 15 is 0 Å². The summed E-state index contributed by atoms with van der Waals surface area (Å²) >= 11 is 5.99. The van der Waals surface area contributed by atoms with Gasteiger partial charge in [0, 0.05) is 11.6 Å². The van der Waals surface area contributed by atoms with Crippen LogP contribution >= 0.6 is 24.0 Å². The molecule has 6 heteroatoms. The first kappa shape index (κ1) is 17.2. The highest BCUT2D eigenvalue weighted by Crippen LogP contribution is 2.24. The number of amides is 1. The molecule has 0 radical (unpaired) electrons. The second-order valence-corrected chi connectivity index (χ2v) is 5.35. The van der Waals surface area contributed by atoms with Gasteiger partial charge in [-0.3, -0.25) is 4.79 Å². The smallest absolute Gasteiger partial charge is 0.224 e. The van der Waals surface area contributed by atoms with Gasteiger partial charge in [-0.25, -0.2) is 4.39 Å². The van der Waals surface area contributed by atoms with Gasteiger partial charge in [-0.1, -0.05) is 17.7 Å². The van der Waals surface area contributed by atoms with E-state index in [0.29, 0.717) is 5.02 Å². The average Bonchev–Trinajstić information content (AvgIpc) is 2.39. The molecule has 0 aliphatic carbocycles. The van der Waals surface area contributed by atoms with E-state index in [4.69, 9.17) is 11.6 Å². The van der Waals surface area contributed by atoms with Crippen LogP contribution in [0.4, 0.5) is 4.39 Å². The molecule has 0 bridgehead atoms. The molecule has 1 aromatic rings. The Labute approximate surface area is 129 Å². The van der Waals surface area contributed by atoms with Gasteiger partial charge in [0.15, 0.2) is 0 Å². The Morgan fingerprint density at radius 1 is 1.55 bits per heavy atom. The third-order valence-corrected chi connectivity index (χ3v) is 3.78. The van der Waals surface area contributed by atoms with Crippen molar-refractivity contribution in [3.8, 4) is 0 Å². The zero-order chi connectivity index (χ0) is 13.8. The van der Waals surface area contributed by atoms with Crippen molar-refractivity contribution in [1.82, 2.24) is 10.6 Å². The molecule has 112 valence electrons. The monoisotopic (exact) mass is 320 g/mol. The van der Waals surface area contributed by atoms with Gasteiger partial charge in [0.05, 0.1) is 12.0 Å². The van der Waals surface area contributed by atoms with Crippen LogP contribution in [0, 0.1) is 11.7 Å². The minimum absolute atomic E-state index is 0. The lowest BCUT2D eigenvalue weighted by atomic mass is 9.98. The normalized spacial score (nSPS) is 19.9. The summed E-state index contributed by atoms with van der Waals surface area (Å²) < 4.78 is 13.0. The molecule has 1 saturated heterocycles. The fourth-order valence-corrected chi connectivity index (χ4v) is 2.67. The van der Waals surface area contributed by atoms with Crippen molar-refractivity contribution >= 4 is 29.9 Å². The van der Waals surface area contributed by atoms with Crippen LogP contribution in [0.5, 0.6) is 0 Å². The van der Waals surface area contributed by atoms with Crippen molar-refractivity contribution in [3.63, 3.8) is 0 Å². The van der Waals surface area contributed by atoms with Gasteiger partial charge in [0.1, 0.15) is 5.82 Å². The summed E-state index contributed by atoms with van der Waals surface area (Å²) in [6.07, 6.45) is 1.92. The van der Waals surface area contributed by atoms with E-state index in [2.05, 4.69) is 10.6 Å². The number of halogens is 3. The summed E-state index contributed by atoms with van der Waals surface area (Å²) in [5.74, 6) is -0.334. The Balaban J connectivity index is 0.00000200. The Morgan fingerprint density at radius 3 is 2.90 bits per heavy atom. The van der Waals surface area contributed by atoms with E-state index in [1.54, 1.807) is 6.07 Å². The summed E-state index contributed by atoms with van der Waals surface area (Å²) in [4.78, 5) is 12.1. The van der Waals surface area contributed by atoms with Gasteiger partial charge in [-0.05, 0) is 44.0 Å². The minimum atomic E-state index is -0.372. The van der Waals surface area contributed by atoms with E-state index in [1.807, 2.05) is 6.92 Å². The molecule has 0 spiro atoms. The second-order valence-electron chi connectivity index (χ2n) is 4.94. The number of rotatable bonds is 3. The van der Waals surface area contributed by atoms with E-state index in [0.717, 1.165) is 31.5 Å². The lowest BCUT2D eigenvalue weighted by molar-refractivity contribution is -0.126. The first-order valence-corrected chi connectivity index (χ1v) is 6.92. The average molecular weight is 321 g/mol. The van der Waals surface area contributed by atoms with Crippen LogP contribution in [0.25, 0.3) is 0 Å². The van der Waals surface area contributed by atoms with E-state index in [-0.39, 0.29) is 36.1 Å². The summed E-state index contributed by atoms with van der Waals surface area (Å²) in [7, 11) is 0. The number of hydrogen-bond donors (Lipinski definition) is 2. The zero-order valence-electron chi connectivity index (χ0n) is 11.3. The summed E-state index contributed by atoms with van der Waals surface area (Å²) in [5.41, 5.74) is 0.736. The van der Waals surface area contributed by atoms with Gasteiger partial charge < -0.3 is 10.6 Å². The van der Waals surface area contributed by atoms with Crippen molar-refractivity contribution in [2.24, 2.45) is 5.92 Å². The molecule has 1 heterocycles. The van der Waals surface area contributed by atoms with Crippen LogP contribution in [-0.2, 0) is 4.79 Å². The van der Waals surface area contributed by atoms with E-state index in [1.165, 1.54) is 12.1 Å². The Morgan fingerprint density at radius 2 is 2.30 bits per heavy atom. The number of carbonyl (C=O) groups is 1. The zero-order valence-corrected chi connectivity index (χ0v) is 12.9. The van der Waals surface area contributed by atoms with Gasteiger partial charge in [-0.2, -0.15) is 0 Å². The fraction of sp³-hybridized carbons (Fsp3) is 0.500. The Bertz CT molecular complexity index is 464. The lowest BCUT2D eigenvalue weighted by Crippen LogP contribution is -2.41. The number of nitrogens with one attached hydrogen (secondary N) is 2. The molecule has 2 N–H and O–H groups in total. The molecular formula is C14H19Cl2FN2O. The number of carbonyl (C=O) groups excluding carboxylic acids is 1. The van der Waals surface area contributed by atoms with Gasteiger partial charge >= 0.3 is 0 Å². The fourth-order valence-electron chi connectivity index (χ4n) is 2.34. The van der Waals surface area contributed by atoms with Crippen molar-refractivity contribution in [2.45, 2.75) is 25.8 Å². The van der Waals surface area contributed by atoms with E-state index < -0.39 is 0 Å². The summed E-state index contributed by atoms with van der Waals surface area (Å²) in [6.45, 7) is 3.55. The van der Waals surface area contributed by atoms with Crippen molar-refractivity contribution in [3.05, 3.63) is 34.6 Å². The molecule has 2 atom stereocenters. The number of hydrogen-bond acceptors (Lipinski definition) is 2. The maximum Gasteiger partial charge on any atom is 0.224 e. The summed E-state index contributed by atoms with van der Waals surface area (Å²) in [5, 5.41) is 6.49. The van der Waals surface area contributed by atoms with Gasteiger partial charge in [-0.15, -0.1) is 12.4 Å². The van der Waals surface area contributed by atoms with Crippen molar-refractivity contribution in [2.75, 3.05) is 13.1 Å². The van der Waals surface area contributed by atoms with Crippen molar-refractivity contribution in [1.29, 1.82) is 0 Å². The number of piperidine rings is 1. The molecule has 0 aromatic heterocycles. The number of benzene rings is 1. The maximum absolute atomic E-state index is 13.0. The second kappa shape index (κ2) is 7.81. The Kier molecular flexibility index (Phi) is 6.72.